The second-order valence-electron chi connectivity index (χ2n) is 4.28. The van der Waals surface area contributed by atoms with Crippen molar-refractivity contribution in [2.45, 2.75) is 6.54 Å². The summed E-state index contributed by atoms with van der Waals surface area (Å²) in [6.07, 6.45) is 3.12. The standard InChI is InChI=1S/C15H11ClN2O2/c16-14-12(6-8-20-14)15(19)18-9-11-4-1-3-10-5-2-7-17-13(10)11/h1-8H,9H2,(H,18,19). The van der Waals surface area contributed by atoms with Gasteiger partial charge in [0.25, 0.3) is 5.91 Å². The summed E-state index contributed by atoms with van der Waals surface area (Å²) >= 11 is 5.77. The topological polar surface area (TPSA) is 55.1 Å². The number of benzene rings is 1. The van der Waals surface area contributed by atoms with Crippen molar-refractivity contribution < 1.29 is 9.21 Å². The fourth-order valence-electron chi connectivity index (χ4n) is 2.04. The van der Waals surface area contributed by atoms with E-state index in [0.29, 0.717) is 12.1 Å². The Morgan fingerprint density at radius 1 is 1.25 bits per heavy atom. The van der Waals surface area contributed by atoms with Crippen molar-refractivity contribution in [2.75, 3.05) is 0 Å². The van der Waals surface area contributed by atoms with E-state index < -0.39 is 0 Å². The molecule has 20 heavy (non-hydrogen) atoms. The molecule has 0 saturated heterocycles. The number of pyridine rings is 1. The molecule has 0 aliphatic carbocycles. The number of carbonyl (C=O) groups excluding carboxylic acids is 1. The first-order valence-corrected chi connectivity index (χ1v) is 6.47. The Kier molecular flexibility index (Phi) is 3.39. The third kappa shape index (κ3) is 2.38. The Hall–Kier alpha value is -2.33. The second-order valence-corrected chi connectivity index (χ2v) is 4.63. The van der Waals surface area contributed by atoms with Gasteiger partial charge in [0.15, 0.2) is 0 Å². The van der Waals surface area contributed by atoms with Crippen LogP contribution in [0.1, 0.15) is 15.9 Å². The number of rotatable bonds is 3. The number of para-hydroxylation sites is 1. The Labute approximate surface area is 120 Å². The molecule has 0 aliphatic heterocycles. The quantitative estimate of drug-likeness (QED) is 0.803. The minimum atomic E-state index is -0.267. The lowest BCUT2D eigenvalue weighted by Crippen LogP contribution is -2.22. The van der Waals surface area contributed by atoms with Crippen LogP contribution >= 0.6 is 11.6 Å². The average molecular weight is 287 g/mol. The van der Waals surface area contributed by atoms with Crippen LogP contribution in [0.15, 0.2) is 53.3 Å². The molecule has 0 aliphatic rings. The maximum Gasteiger partial charge on any atom is 0.256 e. The molecule has 3 rings (SSSR count). The highest BCUT2D eigenvalue weighted by Crippen LogP contribution is 2.18. The van der Waals surface area contributed by atoms with Crippen molar-refractivity contribution in [2.24, 2.45) is 0 Å². The molecule has 5 heteroatoms. The molecule has 2 aromatic heterocycles. The van der Waals surface area contributed by atoms with E-state index in [9.17, 15) is 4.79 Å². The monoisotopic (exact) mass is 286 g/mol. The molecule has 1 amide bonds. The van der Waals surface area contributed by atoms with Gasteiger partial charge in [0.1, 0.15) is 0 Å². The van der Waals surface area contributed by atoms with E-state index in [2.05, 4.69) is 10.3 Å². The van der Waals surface area contributed by atoms with E-state index >= 15 is 0 Å². The Bertz CT molecular complexity index is 762. The average Bonchev–Trinajstić information content (AvgIpc) is 2.91. The van der Waals surface area contributed by atoms with Crippen LogP contribution in [-0.2, 0) is 6.54 Å². The van der Waals surface area contributed by atoms with Crippen molar-refractivity contribution in [3.63, 3.8) is 0 Å². The predicted octanol–water partition coefficient (Wildman–Crippen LogP) is 3.41. The minimum absolute atomic E-state index is 0.0959. The number of aromatic nitrogens is 1. The van der Waals surface area contributed by atoms with Gasteiger partial charge in [-0.25, -0.2) is 0 Å². The first-order chi connectivity index (χ1) is 9.75. The van der Waals surface area contributed by atoms with E-state index in [0.717, 1.165) is 16.5 Å². The summed E-state index contributed by atoms with van der Waals surface area (Å²) in [4.78, 5) is 16.3. The van der Waals surface area contributed by atoms with Crippen molar-refractivity contribution in [1.29, 1.82) is 0 Å². The van der Waals surface area contributed by atoms with Gasteiger partial charge < -0.3 is 9.73 Å². The highest BCUT2D eigenvalue weighted by Gasteiger charge is 2.13. The van der Waals surface area contributed by atoms with Crippen LogP contribution in [0.25, 0.3) is 10.9 Å². The van der Waals surface area contributed by atoms with Gasteiger partial charge in [0, 0.05) is 18.1 Å². The largest absolute Gasteiger partial charge is 0.452 e. The third-order valence-corrected chi connectivity index (χ3v) is 3.31. The fourth-order valence-corrected chi connectivity index (χ4v) is 2.24. The van der Waals surface area contributed by atoms with E-state index in [-0.39, 0.29) is 11.1 Å². The van der Waals surface area contributed by atoms with Gasteiger partial charge in [-0.1, -0.05) is 24.3 Å². The van der Waals surface area contributed by atoms with Crippen molar-refractivity contribution in [1.82, 2.24) is 10.3 Å². The SMILES string of the molecule is O=C(NCc1cccc2cccnc12)c1ccoc1Cl. The van der Waals surface area contributed by atoms with Crippen LogP contribution in [0.5, 0.6) is 0 Å². The van der Waals surface area contributed by atoms with Gasteiger partial charge in [0.2, 0.25) is 5.22 Å². The molecular weight excluding hydrogens is 276 g/mol. The third-order valence-electron chi connectivity index (χ3n) is 3.02. The number of carbonyl (C=O) groups is 1. The fraction of sp³-hybridized carbons (Fsp3) is 0.0667. The first-order valence-electron chi connectivity index (χ1n) is 6.09. The highest BCUT2D eigenvalue weighted by molar-refractivity contribution is 6.32. The van der Waals surface area contributed by atoms with E-state index in [1.807, 2.05) is 30.3 Å². The number of furan rings is 1. The van der Waals surface area contributed by atoms with E-state index in [1.165, 1.54) is 6.26 Å². The summed E-state index contributed by atoms with van der Waals surface area (Å²) < 4.78 is 4.90. The smallest absolute Gasteiger partial charge is 0.256 e. The lowest BCUT2D eigenvalue weighted by molar-refractivity contribution is 0.0950. The molecule has 0 atom stereocenters. The number of halogens is 1. The molecule has 100 valence electrons. The number of hydrogen-bond donors (Lipinski definition) is 1. The molecule has 0 radical (unpaired) electrons. The molecule has 4 nitrogen and oxygen atoms in total. The van der Waals surface area contributed by atoms with Gasteiger partial charge >= 0.3 is 0 Å². The van der Waals surface area contributed by atoms with Crippen LogP contribution in [-0.4, -0.2) is 10.9 Å². The maximum absolute atomic E-state index is 12.0. The molecule has 0 saturated carbocycles. The van der Waals surface area contributed by atoms with Crippen LogP contribution in [0.4, 0.5) is 0 Å². The molecular formula is C15H11ClN2O2. The van der Waals surface area contributed by atoms with Crippen molar-refractivity contribution >= 4 is 28.4 Å². The Morgan fingerprint density at radius 3 is 2.90 bits per heavy atom. The number of hydrogen-bond acceptors (Lipinski definition) is 3. The number of nitrogens with zero attached hydrogens (tertiary/aromatic N) is 1. The summed E-state index contributed by atoms with van der Waals surface area (Å²) in [5, 5.41) is 3.95. The zero-order valence-corrected chi connectivity index (χ0v) is 11.2. The normalized spacial score (nSPS) is 10.7. The summed E-state index contributed by atoms with van der Waals surface area (Å²) in [5.74, 6) is -0.267. The lowest BCUT2D eigenvalue weighted by Gasteiger charge is -2.07. The second kappa shape index (κ2) is 5.35. The number of nitrogens with one attached hydrogen (secondary N) is 1. The lowest BCUT2D eigenvalue weighted by atomic mass is 10.1. The van der Waals surface area contributed by atoms with E-state index in [1.54, 1.807) is 12.3 Å². The first kappa shape index (κ1) is 12.7. The summed E-state index contributed by atoms with van der Waals surface area (Å²) in [5.41, 5.74) is 2.17. The summed E-state index contributed by atoms with van der Waals surface area (Å²) in [6, 6.07) is 11.3. The minimum Gasteiger partial charge on any atom is -0.452 e. The highest BCUT2D eigenvalue weighted by atomic mass is 35.5. The number of fused-ring (bicyclic) bond motifs is 1. The van der Waals surface area contributed by atoms with Gasteiger partial charge in [0.05, 0.1) is 17.3 Å². The molecule has 0 bridgehead atoms. The van der Waals surface area contributed by atoms with Crippen LogP contribution in [0, 0.1) is 0 Å². The molecule has 2 heterocycles. The molecule has 0 unspecified atom stereocenters. The Morgan fingerprint density at radius 2 is 2.10 bits per heavy atom. The van der Waals surface area contributed by atoms with E-state index in [4.69, 9.17) is 16.0 Å². The predicted molar refractivity (Wildman–Crippen MR) is 76.6 cm³/mol. The van der Waals surface area contributed by atoms with Crippen LogP contribution < -0.4 is 5.32 Å². The van der Waals surface area contributed by atoms with Gasteiger partial charge in [-0.3, -0.25) is 9.78 Å². The molecule has 0 fully saturated rings. The number of amides is 1. The molecule has 3 aromatic rings. The van der Waals surface area contributed by atoms with Crippen LogP contribution in [0.2, 0.25) is 5.22 Å². The molecule has 0 spiro atoms. The zero-order valence-electron chi connectivity index (χ0n) is 10.5. The zero-order chi connectivity index (χ0) is 13.9. The van der Waals surface area contributed by atoms with Crippen molar-refractivity contribution in [3.8, 4) is 0 Å². The molecule has 1 aromatic carbocycles. The van der Waals surface area contributed by atoms with Gasteiger partial charge in [-0.2, -0.15) is 0 Å². The maximum atomic E-state index is 12.0. The van der Waals surface area contributed by atoms with Crippen LogP contribution in [0.3, 0.4) is 0 Å². The van der Waals surface area contributed by atoms with Gasteiger partial charge in [-0.05, 0) is 29.3 Å². The summed E-state index contributed by atoms with van der Waals surface area (Å²) in [6.45, 7) is 0.384. The Balaban J connectivity index is 1.81. The summed E-state index contributed by atoms with van der Waals surface area (Å²) in [7, 11) is 0. The van der Waals surface area contributed by atoms with Gasteiger partial charge in [-0.15, -0.1) is 0 Å². The van der Waals surface area contributed by atoms with Crippen molar-refractivity contribution in [3.05, 3.63) is 65.2 Å². The molecule has 1 N–H and O–H groups in total.